The van der Waals surface area contributed by atoms with E-state index in [9.17, 15) is 4.79 Å². The summed E-state index contributed by atoms with van der Waals surface area (Å²) in [7, 11) is 0. The summed E-state index contributed by atoms with van der Waals surface area (Å²) >= 11 is 1.76. The Hall–Kier alpha value is -2.54. The van der Waals surface area contributed by atoms with E-state index in [0.29, 0.717) is 5.92 Å². The van der Waals surface area contributed by atoms with E-state index in [4.69, 9.17) is 15.1 Å². The van der Waals surface area contributed by atoms with Gasteiger partial charge in [-0.05, 0) is 68.0 Å². The van der Waals surface area contributed by atoms with Crippen LogP contribution in [0.5, 0.6) is 0 Å². The van der Waals surface area contributed by atoms with Crippen molar-refractivity contribution in [3.63, 3.8) is 0 Å². The minimum atomic E-state index is -0.704. The van der Waals surface area contributed by atoms with Crippen LogP contribution in [-0.2, 0) is 4.79 Å². The number of anilines is 1. The number of aryl methyl sites for hydroxylation is 2. The van der Waals surface area contributed by atoms with E-state index in [1.807, 2.05) is 6.92 Å². The lowest BCUT2D eigenvalue weighted by Crippen LogP contribution is -2.35. The Labute approximate surface area is 194 Å². The second kappa shape index (κ2) is 9.14. The quantitative estimate of drug-likeness (QED) is 0.493. The van der Waals surface area contributed by atoms with E-state index in [-0.39, 0.29) is 12.3 Å². The molecule has 2 aromatic heterocycles. The molecule has 1 fully saturated rings. The van der Waals surface area contributed by atoms with Gasteiger partial charge in [-0.25, -0.2) is 9.97 Å². The highest BCUT2D eigenvalue weighted by atomic mass is 32.2. The summed E-state index contributed by atoms with van der Waals surface area (Å²) < 4.78 is 2.20. The fourth-order valence-corrected chi connectivity index (χ4v) is 5.28. The molecule has 0 unspecified atom stereocenters. The van der Waals surface area contributed by atoms with Gasteiger partial charge in [0.15, 0.2) is 5.65 Å². The molecule has 0 atom stereocenters. The summed E-state index contributed by atoms with van der Waals surface area (Å²) in [5.41, 5.74) is 4.57. The lowest BCUT2D eigenvalue weighted by Gasteiger charge is -2.32. The summed E-state index contributed by atoms with van der Waals surface area (Å²) in [6.45, 7) is 10.2. The first-order valence-corrected chi connectivity index (χ1v) is 12.5. The Morgan fingerprint density at radius 3 is 2.56 bits per heavy atom. The van der Waals surface area contributed by atoms with Gasteiger partial charge in [0.1, 0.15) is 11.6 Å². The van der Waals surface area contributed by atoms with Crippen molar-refractivity contribution in [2.75, 3.05) is 24.2 Å². The van der Waals surface area contributed by atoms with E-state index in [1.165, 1.54) is 10.5 Å². The van der Waals surface area contributed by atoms with Crippen LogP contribution in [-0.4, -0.2) is 45.0 Å². The first kappa shape index (κ1) is 22.6. The summed E-state index contributed by atoms with van der Waals surface area (Å²) in [5, 5.41) is 10.2. The fraction of sp³-hybridized carbons (Fsp3) is 0.480. The summed E-state index contributed by atoms with van der Waals surface area (Å²) in [4.78, 5) is 24.3. The molecule has 32 heavy (non-hydrogen) atoms. The Morgan fingerprint density at radius 1 is 1.22 bits per heavy atom. The van der Waals surface area contributed by atoms with Crippen molar-refractivity contribution in [3.8, 4) is 5.69 Å². The standard InChI is InChI=1S/C25H32N4O2S/c1-15(2)19-6-7-20(21(13-19)32-5)29-14-16(3)23-24(26-17(4)27-25(23)29)28-10-8-18(9-11-28)12-22(30)31/h6-7,13-15,18H,8-12H2,1-5H3,(H,30,31). The van der Waals surface area contributed by atoms with Crippen LogP contribution in [0.3, 0.4) is 0 Å². The highest BCUT2D eigenvalue weighted by Gasteiger charge is 2.26. The molecule has 6 nitrogen and oxygen atoms in total. The second-order valence-corrected chi connectivity index (χ2v) is 9.94. The molecule has 0 radical (unpaired) electrons. The number of fused-ring (bicyclic) bond motifs is 1. The average Bonchev–Trinajstić information content (AvgIpc) is 3.08. The molecule has 1 saturated heterocycles. The van der Waals surface area contributed by atoms with Crippen molar-refractivity contribution in [2.24, 2.45) is 5.92 Å². The lowest BCUT2D eigenvalue weighted by atomic mass is 9.93. The number of thioether (sulfide) groups is 1. The third-order valence-corrected chi connectivity index (χ3v) is 7.20. The largest absolute Gasteiger partial charge is 0.481 e. The van der Waals surface area contributed by atoms with Gasteiger partial charge in [-0.15, -0.1) is 11.8 Å². The number of carboxylic acid groups (broad SMARTS) is 1. The topological polar surface area (TPSA) is 71.2 Å². The number of aromatic nitrogens is 3. The van der Waals surface area contributed by atoms with Crippen LogP contribution in [0.15, 0.2) is 29.3 Å². The van der Waals surface area contributed by atoms with Crippen LogP contribution in [0.25, 0.3) is 16.7 Å². The van der Waals surface area contributed by atoms with E-state index < -0.39 is 5.97 Å². The fourth-order valence-electron chi connectivity index (χ4n) is 4.65. The average molecular weight is 453 g/mol. The number of carboxylic acids is 1. The van der Waals surface area contributed by atoms with Crippen LogP contribution in [0.4, 0.5) is 5.82 Å². The van der Waals surface area contributed by atoms with Crippen LogP contribution in [0.2, 0.25) is 0 Å². The first-order valence-electron chi connectivity index (χ1n) is 11.3. The van der Waals surface area contributed by atoms with E-state index in [2.05, 4.69) is 60.9 Å². The third-order valence-electron chi connectivity index (χ3n) is 6.44. The van der Waals surface area contributed by atoms with Gasteiger partial charge in [-0.3, -0.25) is 9.36 Å². The van der Waals surface area contributed by atoms with Crippen molar-refractivity contribution in [1.82, 2.24) is 14.5 Å². The maximum Gasteiger partial charge on any atom is 0.303 e. The van der Waals surface area contributed by atoms with Crippen molar-refractivity contribution < 1.29 is 9.90 Å². The van der Waals surface area contributed by atoms with Crippen molar-refractivity contribution >= 4 is 34.6 Å². The highest BCUT2D eigenvalue weighted by molar-refractivity contribution is 7.98. The molecule has 4 rings (SSSR count). The molecule has 0 spiro atoms. The minimum Gasteiger partial charge on any atom is -0.481 e. The van der Waals surface area contributed by atoms with E-state index in [0.717, 1.165) is 59.9 Å². The molecule has 1 aromatic carbocycles. The van der Waals surface area contributed by atoms with Gasteiger partial charge in [-0.1, -0.05) is 19.9 Å². The van der Waals surface area contributed by atoms with Crippen LogP contribution < -0.4 is 4.90 Å². The van der Waals surface area contributed by atoms with Crippen LogP contribution in [0.1, 0.15) is 56.0 Å². The SMILES string of the molecule is CSc1cc(C(C)C)ccc1-n1cc(C)c2c(N3CCC(CC(=O)O)CC3)nc(C)nc21. The zero-order chi connectivity index (χ0) is 23.0. The summed E-state index contributed by atoms with van der Waals surface area (Å²) in [5.74, 6) is 1.76. The second-order valence-electron chi connectivity index (χ2n) is 9.09. The van der Waals surface area contributed by atoms with Gasteiger partial charge >= 0.3 is 5.97 Å². The summed E-state index contributed by atoms with van der Waals surface area (Å²) in [6, 6.07) is 6.70. The molecule has 1 aliphatic heterocycles. The molecule has 1 aliphatic rings. The van der Waals surface area contributed by atoms with Gasteiger partial charge in [0.25, 0.3) is 0 Å². The molecule has 0 aliphatic carbocycles. The van der Waals surface area contributed by atoms with Gasteiger partial charge in [0, 0.05) is 30.6 Å². The van der Waals surface area contributed by atoms with Crippen molar-refractivity contribution in [3.05, 3.63) is 41.3 Å². The normalized spacial score (nSPS) is 15.1. The minimum absolute atomic E-state index is 0.247. The predicted octanol–water partition coefficient (Wildman–Crippen LogP) is 5.57. The Morgan fingerprint density at radius 2 is 1.94 bits per heavy atom. The Kier molecular flexibility index (Phi) is 6.47. The molecular weight excluding hydrogens is 420 g/mol. The third kappa shape index (κ3) is 4.35. The van der Waals surface area contributed by atoms with Gasteiger partial charge in [0.2, 0.25) is 0 Å². The molecule has 170 valence electrons. The number of rotatable bonds is 6. The van der Waals surface area contributed by atoms with Crippen LogP contribution >= 0.6 is 11.8 Å². The Balaban J connectivity index is 1.76. The predicted molar refractivity (Wildman–Crippen MR) is 131 cm³/mol. The number of benzene rings is 1. The highest BCUT2D eigenvalue weighted by Crippen LogP contribution is 2.36. The molecule has 0 amide bonds. The zero-order valence-corrected chi connectivity index (χ0v) is 20.4. The monoisotopic (exact) mass is 452 g/mol. The molecule has 0 bridgehead atoms. The smallest absolute Gasteiger partial charge is 0.303 e. The maximum atomic E-state index is 11.1. The number of hydrogen-bond donors (Lipinski definition) is 1. The molecular formula is C25H32N4O2S. The first-order chi connectivity index (χ1) is 15.3. The Bertz CT molecular complexity index is 1150. The van der Waals surface area contributed by atoms with Crippen LogP contribution in [0, 0.1) is 19.8 Å². The zero-order valence-electron chi connectivity index (χ0n) is 19.6. The molecule has 1 N–H and O–H groups in total. The number of hydrogen-bond acceptors (Lipinski definition) is 5. The lowest BCUT2D eigenvalue weighted by molar-refractivity contribution is -0.138. The summed E-state index contributed by atoms with van der Waals surface area (Å²) in [6.07, 6.45) is 6.30. The number of piperidine rings is 1. The van der Waals surface area contributed by atoms with Crippen molar-refractivity contribution in [2.45, 2.75) is 57.8 Å². The van der Waals surface area contributed by atoms with Gasteiger partial charge in [0.05, 0.1) is 11.1 Å². The van der Waals surface area contributed by atoms with Crippen molar-refractivity contribution in [1.29, 1.82) is 0 Å². The van der Waals surface area contributed by atoms with Gasteiger partial charge < -0.3 is 10.0 Å². The van der Waals surface area contributed by atoms with Gasteiger partial charge in [-0.2, -0.15) is 0 Å². The number of nitrogens with zero attached hydrogens (tertiary/aromatic N) is 4. The molecule has 3 aromatic rings. The molecule has 7 heteroatoms. The van der Waals surface area contributed by atoms with E-state index in [1.54, 1.807) is 11.8 Å². The number of carbonyl (C=O) groups is 1. The maximum absolute atomic E-state index is 11.1. The molecule has 0 saturated carbocycles. The molecule has 3 heterocycles. The number of aliphatic carboxylic acids is 1. The van der Waals surface area contributed by atoms with E-state index >= 15 is 0 Å².